The van der Waals surface area contributed by atoms with Crippen molar-refractivity contribution in [2.45, 2.75) is 19.8 Å². The first-order chi connectivity index (χ1) is 9.08. The summed E-state index contributed by atoms with van der Waals surface area (Å²) in [4.78, 5) is 23.5. The zero-order valence-electron chi connectivity index (χ0n) is 11.1. The molecule has 2 rings (SSSR count). The van der Waals surface area contributed by atoms with Gasteiger partial charge in [0.25, 0.3) is 5.91 Å². The largest absolute Gasteiger partial charge is 0.497 e. The molecule has 1 aromatic rings. The summed E-state index contributed by atoms with van der Waals surface area (Å²) in [6, 6.07) is 6.86. The van der Waals surface area contributed by atoms with E-state index in [9.17, 15) is 9.59 Å². The van der Waals surface area contributed by atoms with Gasteiger partial charge in [0.2, 0.25) is 0 Å². The van der Waals surface area contributed by atoms with Gasteiger partial charge in [-0.3, -0.25) is 9.59 Å². The van der Waals surface area contributed by atoms with E-state index < -0.39 is 0 Å². The van der Waals surface area contributed by atoms with Crippen LogP contribution < -0.4 is 10.1 Å². The first-order valence-electron chi connectivity index (χ1n) is 6.27. The molecule has 1 atom stereocenters. The summed E-state index contributed by atoms with van der Waals surface area (Å²) in [5.74, 6) is 0.862. The van der Waals surface area contributed by atoms with Gasteiger partial charge in [0.1, 0.15) is 5.75 Å². The van der Waals surface area contributed by atoms with Crippen molar-refractivity contribution >= 4 is 11.7 Å². The molecule has 0 spiro atoms. The van der Waals surface area contributed by atoms with Gasteiger partial charge in [0.05, 0.1) is 7.11 Å². The average molecular weight is 259 g/mol. The number of rotatable bonds is 3. The second kappa shape index (κ2) is 5.69. The topological polar surface area (TPSA) is 55.4 Å². The summed E-state index contributed by atoms with van der Waals surface area (Å²) in [5.41, 5.74) is 1.25. The van der Waals surface area contributed by atoms with E-state index in [1.54, 1.807) is 31.4 Å². The van der Waals surface area contributed by atoms with E-state index in [1.807, 2.05) is 6.92 Å². The molecule has 0 fully saturated rings. The molecule has 1 aliphatic carbocycles. The third kappa shape index (κ3) is 3.44. The third-order valence-electron chi connectivity index (χ3n) is 3.08. The van der Waals surface area contributed by atoms with Gasteiger partial charge in [-0.2, -0.15) is 0 Å². The number of ether oxygens (including phenoxy) is 1. The average Bonchev–Trinajstić information content (AvgIpc) is 2.37. The van der Waals surface area contributed by atoms with Gasteiger partial charge in [0.15, 0.2) is 5.78 Å². The van der Waals surface area contributed by atoms with Crippen LogP contribution in [0.25, 0.3) is 0 Å². The SMILES string of the molecule is COc1ccc(C(=O)NC2=CC(=O)CC(C)C2)cc1. The maximum Gasteiger partial charge on any atom is 0.255 e. The minimum Gasteiger partial charge on any atom is -0.497 e. The number of hydrogen-bond acceptors (Lipinski definition) is 3. The molecule has 4 nitrogen and oxygen atoms in total. The van der Waals surface area contributed by atoms with Crippen LogP contribution in [0.1, 0.15) is 30.1 Å². The van der Waals surface area contributed by atoms with Crippen LogP contribution in [0.2, 0.25) is 0 Å². The van der Waals surface area contributed by atoms with E-state index in [2.05, 4.69) is 5.32 Å². The number of methoxy groups -OCH3 is 1. The minimum absolute atomic E-state index is 0.0729. The van der Waals surface area contributed by atoms with E-state index in [1.165, 1.54) is 6.08 Å². The fraction of sp³-hybridized carbons (Fsp3) is 0.333. The first kappa shape index (κ1) is 13.3. The van der Waals surface area contributed by atoms with Crippen molar-refractivity contribution in [3.05, 3.63) is 41.6 Å². The van der Waals surface area contributed by atoms with Gasteiger partial charge in [-0.15, -0.1) is 0 Å². The zero-order valence-corrected chi connectivity index (χ0v) is 11.1. The van der Waals surface area contributed by atoms with Gasteiger partial charge in [-0.1, -0.05) is 6.92 Å². The molecule has 1 aliphatic rings. The Balaban J connectivity index is 2.06. The van der Waals surface area contributed by atoms with Crippen LogP contribution in [0.15, 0.2) is 36.0 Å². The van der Waals surface area contributed by atoms with Gasteiger partial charge in [-0.25, -0.2) is 0 Å². The van der Waals surface area contributed by atoms with Crippen molar-refractivity contribution < 1.29 is 14.3 Å². The molecule has 0 aliphatic heterocycles. The van der Waals surface area contributed by atoms with Gasteiger partial charge in [-0.05, 0) is 36.6 Å². The molecule has 19 heavy (non-hydrogen) atoms. The lowest BCUT2D eigenvalue weighted by Gasteiger charge is -2.18. The van der Waals surface area contributed by atoms with Crippen LogP contribution in [0.5, 0.6) is 5.75 Å². The Morgan fingerprint density at radius 3 is 2.53 bits per heavy atom. The lowest BCUT2D eigenvalue weighted by Crippen LogP contribution is -2.27. The monoisotopic (exact) mass is 259 g/mol. The highest BCUT2D eigenvalue weighted by atomic mass is 16.5. The predicted molar refractivity (Wildman–Crippen MR) is 71.9 cm³/mol. The maximum absolute atomic E-state index is 12.0. The zero-order chi connectivity index (χ0) is 13.8. The maximum atomic E-state index is 12.0. The molecule has 4 heteroatoms. The van der Waals surface area contributed by atoms with E-state index in [0.29, 0.717) is 23.4 Å². The van der Waals surface area contributed by atoms with Crippen LogP contribution in [0, 0.1) is 5.92 Å². The molecule has 1 aromatic carbocycles. The van der Waals surface area contributed by atoms with Crippen molar-refractivity contribution in [2.24, 2.45) is 5.92 Å². The number of amides is 1. The number of carbonyl (C=O) groups excluding carboxylic acids is 2. The lowest BCUT2D eigenvalue weighted by molar-refractivity contribution is -0.115. The molecule has 1 amide bonds. The fourth-order valence-corrected chi connectivity index (χ4v) is 2.15. The summed E-state index contributed by atoms with van der Waals surface area (Å²) in [6.45, 7) is 2.00. The molecular weight excluding hydrogens is 242 g/mol. The van der Waals surface area contributed by atoms with E-state index in [0.717, 1.165) is 6.42 Å². The molecule has 0 heterocycles. The molecule has 100 valence electrons. The molecule has 0 bridgehead atoms. The molecule has 1 unspecified atom stereocenters. The Labute approximate surface area is 112 Å². The van der Waals surface area contributed by atoms with Gasteiger partial charge < -0.3 is 10.1 Å². The summed E-state index contributed by atoms with van der Waals surface area (Å²) in [6.07, 6.45) is 2.82. The number of allylic oxidation sites excluding steroid dienone is 2. The van der Waals surface area contributed by atoms with Crippen LogP contribution in [0.4, 0.5) is 0 Å². The van der Waals surface area contributed by atoms with Crippen molar-refractivity contribution in [3.63, 3.8) is 0 Å². The molecule has 1 N–H and O–H groups in total. The smallest absolute Gasteiger partial charge is 0.255 e. The number of benzene rings is 1. The van der Waals surface area contributed by atoms with Crippen LogP contribution >= 0.6 is 0 Å². The standard InChI is InChI=1S/C15H17NO3/c1-10-7-12(9-13(17)8-10)16-15(18)11-3-5-14(19-2)6-4-11/h3-6,9-10H,7-8H2,1-2H3,(H,16,18). The molecule has 0 aromatic heterocycles. The molecule has 0 saturated carbocycles. The highest BCUT2D eigenvalue weighted by Gasteiger charge is 2.18. The van der Waals surface area contributed by atoms with E-state index in [-0.39, 0.29) is 17.6 Å². The summed E-state index contributed by atoms with van der Waals surface area (Å²) in [5, 5.41) is 2.79. The van der Waals surface area contributed by atoms with Crippen molar-refractivity contribution in [1.29, 1.82) is 0 Å². The third-order valence-corrected chi connectivity index (χ3v) is 3.08. The van der Waals surface area contributed by atoms with E-state index in [4.69, 9.17) is 4.74 Å². The predicted octanol–water partition coefficient (Wildman–Crippen LogP) is 2.31. The van der Waals surface area contributed by atoms with Crippen LogP contribution in [-0.2, 0) is 4.79 Å². The number of hydrogen-bond donors (Lipinski definition) is 1. The summed E-state index contributed by atoms with van der Waals surface area (Å²) in [7, 11) is 1.58. The molecule has 0 saturated heterocycles. The fourth-order valence-electron chi connectivity index (χ4n) is 2.15. The lowest BCUT2D eigenvalue weighted by atomic mass is 9.93. The highest BCUT2D eigenvalue weighted by Crippen LogP contribution is 2.20. The van der Waals surface area contributed by atoms with Gasteiger partial charge >= 0.3 is 0 Å². The van der Waals surface area contributed by atoms with Crippen molar-refractivity contribution in [3.8, 4) is 5.75 Å². The van der Waals surface area contributed by atoms with Crippen molar-refractivity contribution in [2.75, 3.05) is 7.11 Å². The summed E-state index contributed by atoms with van der Waals surface area (Å²) >= 11 is 0. The Morgan fingerprint density at radius 1 is 1.26 bits per heavy atom. The molecular formula is C15H17NO3. The van der Waals surface area contributed by atoms with Crippen molar-refractivity contribution in [1.82, 2.24) is 5.32 Å². The first-order valence-corrected chi connectivity index (χ1v) is 6.27. The number of carbonyl (C=O) groups is 2. The van der Waals surface area contributed by atoms with Crippen LogP contribution in [-0.4, -0.2) is 18.8 Å². The Bertz CT molecular complexity index is 517. The Hall–Kier alpha value is -2.10. The Kier molecular flexibility index (Phi) is 4.00. The second-order valence-electron chi connectivity index (χ2n) is 4.83. The number of nitrogens with one attached hydrogen (secondary N) is 1. The molecule has 0 radical (unpaired) electrons. The summed E-state index contributed by atoms with van der Waals surface area (Å²) < 4.78 is 5.04. The minimum atomic E-state index is -0.198. The normalized spacial score (nSPS) is 18.7. The van der Waals surface area contributed by atoms with Crippen LogP contribution in [0.3, 0.4) is 0 Å². The van der Waals surface area contributed by atoms with Gasteiger partial charge in [0, 0.05) is 23.8 Å². The van der Waals surface area contributed by atoms with E-state index >= 15 is 0 Å². The highest BCUT2D eigenvalue weighted by molar-refractivity contribution is 5.97. The number of ketones is 1. The Morgan fingerprint density at radius 2 is 1.95 bits per heavy atom. The second-order valence-corrected chi connectivity index (χ2v) is 4.83. The quantitative estimate of drug-likeness (QED) is 0.906.